The lowest BCUT2D eigenvalue weighted by molar-refractivity contribution is 0.100. The van der Waals surface area contributed by atoms with Crippen molar-refractivity contribution in [3.8, 4) is 0 Å². The summed E-state index contributed by atoms with van der Waals surface area (Å²) in [6.45, 7) is 2.96. The summed E-state index contributed by atoms with van der Waals surface area (Å²) in [5.41, 5.74) is 6.85. The third-order valence-electron chi connectivity index (χ3n) is 3.67. The summed E-state index contributed by atoms with van der Waals surface area (Å²) in [5, 5.41) is 3.76. The minimum Gasteiger partial charge on any atom is -0.371 e. The van der Waals surface area contributed by atoms with Gasteiger partial charge in [-0.2, -0.15) is 0 Å². The Bertz CT molecular complexity index is 456. The smallest absolute Gasteiger partial charge is 0.250 e. The molecule has 1 aromatic carbocycles. The van der Waals surface area contributed by atoms with E-state index in [2.05, 4.69) is 10.2 Å². The maximum Gasteiger partial charge on any atom is 0.250 e. The molecule has 1 saturated heterocycles. The van der Waals surface area contributed by atoms with Crippen molar-refractivity contribution in [1.82, 2.24) is 5.32 Å². The summed E-state index contributed by atoms with van der Waals surface area (Å²) in [5.74, 6) is 0.292. The molecule has 1 aromatic rings. The van der Waals surface area contributed by atoms with E-state index < -0.39 is 5.91 Å². The van der Waals surface area contributed by atoms with Crippen molar-refractivity contribution in [3.05, 3.63) is 28.8 Å². The van der Waals surface area contributed by atoms with Gasteiger partial charge in [-0.25, -0.2) is 0 Å². The molecule has 0 atom stereocenters. The number of nitrogens with zero attached hydrogens (tertiary/aromatic N) is 1. The molecule has 1 heterocycles. The molecule has 1 fully saturated rings. The van der Waals surface area contributed by atoms with Gasteiger partial charge in [0.05, 0.1) is 5.56 Å². The van der Waals surface area contributed by atoms with Crippen LogP contribution in [0.1, 0.15) is 23.2 Å². The number of anilines is 1. The van der Waals surface area contributed by atoms with Crippen LogP contribution in [0.15, 0.2) is 18.2 Å². The Morgan fingerprint density at radius 3 is 2.74 bits per heavy atom. The number of amides is 1. The van der Waals surface area contributed by atoms with Crippen molar-refractivity contribution in [2.75, 3.05) is 31.6 Å². The number of nitrogens with two attached hydrogens (primary N) is 1. The Morgan fingerprint density at radius 1 is 1.47 bits per heavy atom. The molecule has 0 unspecified atom stereocenters. The van der Waals surface area contributed by atoms with Crippen LogP contribution in [-0.4, -0.2) is 32.6 Å². The van der Waals surface area contributed by atoms with Crippen molar-refractivity contribution in [2.45, 2.75) is 12.8 Å². The van der Waals surface area contributed by atoms with E-state index >= 15 is 0 Å². The van der Waals surface area contributed by atoms with Crippen molar-refractivity contribution >= 4 is 23.2 Å². The second-order valence-electron chi connectivity index (χ2n) is 5.01. The summed E-state index contributed by atoms with van der Waals surface area (Å²) in [6, 6.07) is 5.35. The van der Waals surface area contributed by atoms with Crippen LogP contribution in [0.4, 0.5) is 5.69 Å². The third kappa shape index (κ3) is 3.39. The average Bonchev–Trinajstić information content (AvgIpc) is 2.40. The van der Waals surface area contributed by atoms with Gasteiger partial charge in [-0.1, -0.05) is 11.6 Å². The summed E-state index contributed by atoms with van der Waals surface area (Å²) in [7, 11) is 1.98. The Balaban J connectivity index is 2.13. The van der Waals surface area contributed by atoms with E-state index in [0.29, 0.717) is 16.5 Å². The van der Waals surface area contributed by atoms with Gasteiger partial charge in [-0.05, 0) is 50.6 Å². The van der Waals surface area contributed by atoms with Crippen LogP contribution in [0, 0.1) is 5.92 Å². The molecule has 0 aliphatic carbocycles. The number of nitrogens with one attached hydrogen (secondary N) is 1. The molecule has 0 aromatic heterocycles. The first-order valence-corrected chi connectivity index (χ1v) is 6.98. The minimum atomic E-state index is -0.421. The zero-order chi connectivity index (χ0) is 13.8. The van der Waals surface area contributed by atoms with Crippen LogP contribution in [0.3, 0.4) is 0 Å². The zero-order valence-electron chi connectivity index (χ0n) is 11.2. The van der Waals surface area contributed by atoms with Gasteiger partial charge in [0, 0.05) is 23.8 Å². The molecule has 1 amide bonds. The molecule has 0 spiro atoms. The molecule has 4 nitrogen and oxygen atoms in total. The van der Waals surface area contributed by atoms with Gasteiger partial charge >= 0.3 is 0 Å². The lowest BCUT2D eigenvalue weighted by Crippen LogP contribution is -2.37. The number of carbonyl (C=O) groups is 1. The van der Waals surface area contributed by atoms with Gasteiger partial charge in [-0.15, -0.1) is 0 Å². The number of halogens is 1. The Kier molecular flexibility index (Phi) is 4.66. The van der Waals surface area contributed by atoms with Crippen LogP contribution >= 0.6 is 11.6 Å². The maximum atomic E-state index is 11.5. The van der Waals surface area contributed by atoms with E-state index in [-0.39, 0.29) is 0 Å². The quantitative estimate of drug-likeness (QED) is 0.886. The number of benzene rings is 1. The second-order valence-corrected chi connectivity index (χ2v) is 5.45. The predicted octanol–water partition coefficient (Wildman–Crippen LogP) is 1.87. The number of hydrogen-bond donors (Lipinski definition) is 2. The van der Waals surface area contributed by atoms with Crippen molar-refractivity contribution < 1.29 is 4.79 Å². The fourth-order valence-electron chi connectivity index (χ4n) is 2.65. The van der Waals surface area contributed by atoms with Crippen LogP contribution in [-0.2, 0) is 0 Å². The van der Waals surface area contributed by atoms with Gasteiger partial charge in [0.2, 0.25) is 0 Å². The number of rotatable bonds is 4. The van der Waals surface area contributed by atoms with Crippen LogP contribution in [0.5, 0.6) is 0 Å². The molecular weight excluding hydrogens is 262 g/mol. The highest BCUT2D eigenvalue weighted by Crippen LogP contribution is 2.28. The summed E-state index contributed by atoms with van der Waals surface area (Å²) in [6.07, 6.45) is 2.25. The van der Waals surface area contributed by atoms with Gasteiger partial charge in [-0.3, -0.25) is 4.79 Å². The van der Waals surface area contributed by atoms with Crippen LogP contribution < -0.4 is 16.0 Å². The highest BCUT2D eigenvalue weighted by atomic mass is 35.5. The largest absolute Gasteiger partial charge is 0.371 e. The normalized spacial score (nSPS) is 16.6. The van der Waals surface area contributed by atoms with E-state index in [1.807, 2.05) is 19.2 Å². The highest BCUT2D eigenvalue weighted by Gasteiger charge is 2.21. The fourth-order valence-corrected chi connectivity index (χ4v) is 2.82. The maximum absolute atomic E-state index is 11.5. The molecule has 0 radical (unpaired) electrons. The molecule has 1 aliphatic heterocycles. The molecule has 0 saturated carbocycles. The highest BCUT2D eigenvalue weighted by molar-refractivity contribution is 6.31. The standard InChI is InChI=1S/C14H20ClN3O/c1-17-9-10-4-6-18(7-5-10)13-3-2-11(15)8-12(13)14(16)19/h2-3,8,10,17H,4-7,9H2,1H3,(H2,16,19). The van der Waals surface area contributed by atoms with Crippen LogP contribution in [0.2, 0.25) is 5.02 Å². The summed E-state index contributed by atoms with van der Waals surface area (Å²) < 4.78 is 0. The molecule has 1 aliphatic rings. The van der Waals surface area contributed by atoms with E-state index in [9.17, 15) is 4.79 Å². The molecule has 5 heteroatoms. The Morgan fingerprint density at radius 2 is 2.16 bits per heavy atom. The molecule has 2 rings (SSSR count). The number of piperidine rings is 1. The lowest BCUT2D eigenvalue weighted by atomic mass is 9.96. The first-order chi connectivity index (χ1) is 9.11. The molecule has 19 heavy (non-hydrogen) atoms. The van der Waals surface area contributed by atoms with E-state index in [1.165, 1.54) is 0 Å². The minimum absolute atomic E-state index is 0.421. The van der Waals surface area contributed by atoms with Gasteiger partial charge in [0.25, 0.3) is 5.91 Å². The van der Waals surface area contributed by atoms with Gasteiger partial charge in [0.1, 0.15) is 0 Å². The Hall–Kier alpha value is -1.26. The van der Waals surface area contributed by atoms with Crippen molar-refractivity contribution in [1.29, 1.82) is 0 Å². The van der Waals surface area contributed by atoms with Gasteiger partial charge in [0.15, 0.2) is 0 Å². The average molecular weight is 282 g/mol. The fraction of sp³-hybridized carbons (Fsp3) is 0.500. The number of hydrogen-bond acceptors (Lipinski definition) is 3. The lowest BCUT2D eigenvalue weighted by Gasteiger charge is -2.34. The second kappa shape index (κ2) is 6.26. The molecule has 0 bridgehead atoms. The monoisotopic (exact) mass is 281 g/mol. The topological polar surface area (TPSA) is 58.4 Å². The van der Waals surface area contributed by atoms with E-state index in [4.69, 9.17) is 17.3 Å². The first-order valence-electron chi connectivity index (χ1n) is 6.60. The van der Waals surface area contributed by atoms with Gasteiger partial charge < -0.3 is 16.0 Å². The first kappa shape index (κ1) is 14.2. The number of primary amides is 1. The third-order valence-corrected chi connectivity index (χ3v) is 3.91. The predicted molar refractivity (Wildman–Crippen MR) is 78.8 cm³/mol. The summed E-state index contributed by atoms with van der Waals surface area (Å²) in [4.78, 5) is 13.7. The number of carbonyl (C=O) groups excluding carboxylic acids is 1. The molecular formula is C14H20ClN3O. The zero-order valence-corrected chi connectivity index (χ0v) is 11.9. The SMILES string of the molecule is CNCC1CCN(c2ccc(Cl)cc2C(N)=O)CC1. The van der Waals surface area contributed by atoms with Crippen molar-refractivity contribution in [2.24, 2.45) is 11.7 Å². The summed E-state index contributed by atoms with van der Waals surface area (Å²) >= 11 is 5.93. The van der Waals surface area contributed by atoms with Crippen molar-refractivity contribution in [3.63, 3.8) is 0 Å². The van der Waals surface area contributed by atoms with Crippen LogP contribution in [0.25, 0.3) is 0 Å². The molecule has 104 valence electrons. The Labute approximate surface area is 118 Å². The van der Waals surface area contributed by atoms with E-state index in [0.717, 1.165) is 38.2 Å². The van der Waals surface area contributed by atoms with E-state index in [1.54, 1.807) is 6.07 Å². The molecule has 3 N–H and O–H groups in total.